The van der Waals surface area contributed by atoms with E-state index in [2.05, 4.69) is 24.4 Å². The van der Waals surface area contributed by atoms with Gasteiger partial charge in [-0.1, -0.05) is 25.1 Å². The van der Waals surface area contributed by atoms with Crippen LogP contribution in [-0.4, -0.2) is 13.2 Å². The number of nitrogens with one attached hydrogen (secondary N) is 1. The molecule has 1 saturated carbocycles. The highest BCUT2D eigenvalue weighted by Gasteiger charge is 2.22. The standard InChI is InChI=1S/C16H21NO2/c1-2-17-9-16-14(11-18-10-12-7-8-12)13-5-3-4-6-15(13)19-16/h3-6,12,17H,2,7-11H2,1H3. The first-order valence-electron chi connectivity index (χ1n) is 7.16. The molecule has 1 N–H and O–H groups in total. The van der Waals surface area contributed by atoms with Crippen molar-refractivity contribution in [1.82, 2.24) is 5.32 Å². The van der Waals surface area contributed by atoms with Gasteiger partial charge in [-0.25, -0.2) is 0 Å². The highest BCUT2D eigenvalue weighted by molar-refractivity contribution is 5.82. The zero-order valence-corrected chi connectivity index (χ0v) is 11.4. The van der Waals surface area contributed by atoms with E-state index in [-0.39, 0.29) is 0 Å². The lowest BCUT2D eigenvalue weighted by Crippen LogP contribution is -2.12. The molecule has 0 atom stereocenters. The van der Waals surface area contributed by atoms with Gasteiger partial charge in [0.15, 0.2) is 0 Å². The van der Waals surface area contributed by atoms with Gasteiger partial charge >= 0.3 is 0 Å². The van der Waals surface area contributed by atoms with E-state index in [0.717, 1.165) is 37.0 Å². The zero-order chi connectivity index (χ0) is 13.1. The Balaban J connectivity index is 1.79. The van der Waals surface area contributed by atoms with Crippen molar-refractivity contribution in [2.24, 2.45) is 5.92 Å². The summed E-state index contributed by atoms with van der Waals surface area (Å²) >= 11 is 0. The number of rotatable bonds is 7. The van der Waals surface area contributed by atoms with Crippen LogP contribution in [0.3, 0.4) is 0 Å². The van der Waals surface area contributed by atoms with Crippen molar-refractivity contribution in [3.8, 4) is 0 Å². The molecule has 0 amide bonds. The van der Waals surface area contributed by atoms with Crippen LogP contribution in [0, 0.1) is 5.92 Å². The molecule has 3 nitrogen and oxygen atoms in total. The Morgan fingerprint density at radius 1 is 1.32 bits per heavy atom. The summed E-state index contributed by atoms with van der Waals surface area (Å²) in [5, 5.41) is 4.51. The molecule has 0 radical (unpaired) electrons. The maximum absolute atomic E-state index is 5.93. The average molecular weight is 259 g/mol. The summed E-state index contributed by atoms with van der Waals surface area (Å²) in [5.74, 6) is 1.81. The number of hydrogen-bond acceptors (Lipinski definition) is 3. The smallest absolute Gasteiger partial charge is 0.134 e. The molecule has 0 aliphatic heterocycles. The predicted molar refractivity (Wildman–Crippen MR) is 76.0 cm³/mol. The molecule has 3 rings (SSSR count). The van der Waals surface area contributed by atoms with Crippen molar-refractivity contribution >= 4 is 11.0 Å². The highest BCUT2D eigenvalue weighted by Crippen LogP contribution is 2.30. The Morgan fingerprint density at radius 2 is 2.16 bits per heavy atom. The van der Waals surface area contributed by atoms with E-state index in [1.807, 2.05) is 12.1 Å². The lowest BCUT2D eigenvalue weighted by atomic mass is 10.1. The summed E-state index contributed by atoms with van der Waals surface area (Å²) < 4.78 is 11.8. The molecule has 102 valence electrons. The van der Waals surface area contributed by atoms with Gasteiger partial charge in [0.05, 0.1) is 13.2 Å². The van der Waals surface area contributed by atoms with Crippen molar-refractivity contribution in [2.75, 3.05) is 13.2 Å². The van der Waals surface area contributed by atoms with E-state index < -0.39 is 0 Å². The molecule has 1 aromatic heterocycles. The molecule has 1 aliphatic carbocycles. The van der Waals surface area contributed by atoms with Gasteiger partial charge in [-0.05, 0) is 31.4 Å². The van der Waals surface area contributed by atoms with Crippen LogP contribution in [0.1, 0.15) is 31.1 Å². The quantitative estimate of drug-likeness (QED) is 0.826. The summed E-state index contributed by atoms with van der Waals surface area (Å²) in [6.45, 7) is 5.37. The maximum Gasteiger partial charge on any atom is 0.134 e. The lowest BCUT2D eigenvalue weighted by molar-refractivity contribution is 0.110. The molecule has 1 heterocycles. The predicted octanol–water partition coefficient (Wildman–Crippen LogP) is 3.47. The molecular weight excluding hydrogens is 238 g/mol. The number of fused-ring (bicyclic) bond motifs is 1. The molecule has 0 spiro atoms. The van der Waals surface area contributed by atoms with Crippen LogP contribution in [0.2, 0.25) is 0 Å². The third-order valence-corrected chi connectivity index (χ3v) is 3.61. The molecule has 19 heavy (non-hydrogen) atoms. The minimum absolute atomic E-state index is 0.661. The van der Waals surface area contributed by atoms with Crippen LogP contribution >= 0.6 is 0 Å². The van der Waals surface area contributed by atoms with E-state index in [1.54, 1.807) is 0 Å². The summed E-state index contributed by atoms with van der Waals surface area (Å²) in [6.07, 6.45) is 2.66. The summed E-state index contributed by atoms with van der Waals surface area (Å²) in [6, 6.07) is 8.20. The molecule has 0 saturated heterocycles. The normalized spacial score (nSPS) is 15.2. The second kappa shape index (κ2) is 5.76. The van der Waals surface area contributed by atoms with Crippen molar-refractivity contribution in [2.45, 2.75) is 32.9 Å². The van der Waals surface area contributed by atoms with Gasteiger partial charge in [0.25, 0.3) is 0 Å². The van der Waals surface area contributed by atoms with Gasteiger partial charge in [-0.15, -0.1) is 0 Å². The molecule has 2 aromatic rings. The average Bonchev–Trinajstić information content (AvgIpc) is 3.19. The van der Waals surface area contributed by atoms with Crippen LogP contribution in [0.15, 0.2) is 28.7 Å². The van der Waals surface area contributed by atoms with E-state index in [1.165, 1.54) is 23.8 Å². The Bertz CT molecular complexity index is 543. The Kier molecular flexibility index (Phi) is 3.85. The first kappa shape index (κ1) is 12.7. The van der Waals surface area contributed by atoms with Gasteiger partial charge in [-0.2, -0.15) is 0 Å². The third kappa shape index (κ3) is 2.99. The zero-order valence-electron chi connectivity index (χ0n) is 11.4. The van der Waals surface area contributed by atoms with E-state index in [0.29, 0.717) is 6.61 Å². The second-order valence-electron chi connectivity index (χ2n) is 5.24. The largest absolute Gasteiger partial charge is 0.459 e. The van der Waals surface area contributed by atoms with Gasteiger partial charge in [-0.3, -0.25) is 0 Å². The number of hydrogen-bond donors (Lipinski definition) is 1. The molecule has 3 heteroatoms. The third-order valence-electron chi connectivity index (χ3n) is 3.61. The first-order chi connectivity index (χ1) is 9.38. The Morgan fingerprint density at radius 3 is 2.95 bits per heavy atom. The van der Waals surface area contributed by atoms with Crippen LogP contribution in [0.4, 0.5) is 0 Å². The number of benzene rings is 1. The maximum atomic E-state index is 5.93. The topological polar surface area (TPSA) is 34.4 Å². The molecule has 1 fully saturated rings. The van der Waals surface area contributed by atoms with Gasteiger partial charge in [0.2, 0.25) is 0 Å². The molecule has 0 unspecified atom stereocenters. The van der Waals surface area contributed by atoms with E-state index >= 15 is 0 Å². The Hall–Kier alpha value is -1.32. The minimum Gasteiger partial charge on any atom is -0.459 e. The van der Waals surface area contributed by atoms with Crippen LogP contribution in [-0.2, 0) is 17.9 Å². The summed E-state index contributed by atoms with van der Waals surface area (Å²) in [4.78, 5) is 0. The summed E-state index contributed by atoms with van der Waals surface area (Å²) in [7, 11) is 0. The minimum atomic E-state index is 0.661. The SMILES string of the molecule is CCNCc1oc2ccccc2c1COCC1CC1. The van der Waals surface area contributed by atoms with Gasteiger partial charge < -0.3 is 14.5 Å². The number of ether oxygens (including phenoxy) is 1. The second-order valence-corrected chi connectivity index (χ2v) is 5.24. The van der Waals surface area contributed by atoms with Crippen molar-refractivity contribution in [3.63, 3.8) is 0 Å². The fourth-order valence-corrected chi connectivity index (χ4v) is 2.30. The highest BCUT2D eigenvalue weighted by atomic mass is 16.5. The first-order valence-corrected chi connectivity index (χ1v) is 7.16. The molecule has 1 aliphatic rings. The Labute approximate surface area is 113 Å². The van der Waals surface area contributed by atoms with Crippen LogP contribution < -0.4 is 5.32 Å². The molecule has 0 bridgehead atoms. The van der Waals surface area contributed by atoms with Crippen LogP contribution in [0.5, 0.6) is 0 Å². The fourth-order valence-electron chi connectivity index (χ4n) is 2.30. The van der Waals surface area contributed by atoms with Crippen molar-refractivity contribution < 1.29 is 9.15 Å². The van der Waals surface area contributed by atoms with E-state index in [4.69, 9.17) is 9.15 Å². The fraction of sp³-hybridized carbons (Fsp3) is 0.500. The van der Waals surface area contributed by atoms with Crippen LogP contribution in [0.25, 0.3) is 11.0 Å². The lowest BCUT2D eigenvalue weighted by Gasteiger charge is -2.05. The molecular formula is C16H21NO2. The van der Waals surface area contributed by atoms with Crippen molar-refractivity contribution in [3.05, 3.63) is 35.6 Å². The van der Waals surface area contributed by atoms with Gasteiger partial charge in [0, 0.05) is 17.6 Å². The van der Waals surface area contributed by atoms with E-state index in [9.17, 15) is 0 Å². The van der Waals surface area contributed by atoms with Crippen molar-refractivity contribution in [1.29, 1.82) is 0 Å². The summed E-state index contributed by atoms with van der Waals surface area (Å²) in [5.41, 5.74) is 2.16. The number of para-hydroxylation sites is 1. The number of furan rings is 1. The molecule has 1 aromatic carbocycles. The monoisotopic (exact) mass is 259 g/mol. The van der Waals surface area contributed by atoms with Gasteiger partial charge in [0.1, 0.15) is 11.3 Å².